The van der Waals surface area contributed by atoms with Gasteiger partial charge in [0, 0.05) is 25.1 Å². The fourth-order valence-electron chi connectivity index (χ4n) is 3.21. The monoisotopic (exact) mass is 341 g/mol. The van der Waals surface area contributed by atoms with Crippen molar-refractivity contribution in [3.63, 3.8) is 0 Å². The highest BCUT2D eigenvalue weighted by molar-refractivity contribution is 5.92. The van der Waals surface area contributed by atoms with Crippen LogP contribution in [-0.2, 0) is 16.7 Å². The molecule has 25 heavy (non-hydrogen) atoms. The number of rotatable bonds is 7. The van der Waals surface area contributed by atoms with E-state index in [0.29, 0.717) is 19.7 Å². The first-order chi connectivity index (χ1) is 12.1. The number of hydrogen-bond acceptors (Lipinski definition) is 4. The maximum atomic E-state index is 12.5. The summed E-state index contributed by atoms with van der Waals surface area (Å²) in [5, 5.41) is 7.13. The minimum absolute atomic E-state index is 0.0153. The van der Waals surface area contributed by atoms with Gasteiger partial charge in [-0.15, -0.1) is 0 Å². The molecule has 6 heteroatoms. The van der Waals surface area contributed by atoms with Crippen LogP contribution in [0.5, 0.6) is 0 Å². The topological polar surface area (TPSA) is 73.2 Å². The van der Waals surface area contributed by atoms with Gasteiger partial charge in [-0.2, -0.15) is 5.10 Å². The van der Waals surface area contributed by atoms with Crippen molar-refractivity contribution < 1.29 is 9.53 Å². The molecule has 0 aliphatic heterocycles. The minimum atomic E-state index is -0.256. The van der Waals surface area contributed by atoms with Crippen LogP contribution in [-0.4, -0.2) is 35.9 Å². The lowest BCUT2D eigenvalue weighted by atomic mass is 9.64. The van der Waals surface area contributed by atoms with Crippen LogP contribution < -0.4 is 10.9 Å². The average molecular weight is 341 g/mol. The second-order valence-corrected chi connectivity index (χ2v) is 6.46. The van der Waals surface area contributed by atoms with E-state index in [9.17, 15) is 9.59 Å². The third-order valence-electron chi connectivity index (χ3n) is 4.89. The largest absolute Gasteiger partial charge is 0.383 e. The van der Waals surface area contributed by atoms with E-state index >= 15 is 0 Å². The van der Waals surface area contributed by atoms with E-state index < -0.39 is 0 Å². The molecule has 6 nitrogen and oxygen atoms in total. The standard InChI is InChI=1S/C19H23N3O3/c1-25-13-12-22-17(23)9-8-16(21-22)18(24)20-14-19(10-5-11-19)15-6-3-2-4-7-15/h2-4,6-9H,5,10-14H2,1H3,(H,20,24). The van der Waals surface area contributed by atoms with Gasteiger partial charge in [-0.3, -0.25) is 9.59 Å². The third kappa shape index (κ3) is 3.79. The average Bonchev–Trinajstić information content (AvgIpc) is 2.61. The van der Waals surface area contributed by atoms with E-state index in [0.717, 1.165) is 12.8 Å². The Bertz CT molecular complexity index is 782. The summed E-state index contributed by atoms with van der Waals surface area (Å²) in [5.74, 6) is -0.256. The van der Waals surface area contributed by atoms with Crippen LogP contribution in [0.1, 0.15) is 35.3 Å². The number of aromatic nitrogens is 2. The molecular weight excluding hydrogens is 318 g/mol. The van der Waals surface area contributed by atoms with Crippen molar-refractivity contribution in [3.8, 4) is 0 Å². The lowest BCUT2D eigenvalue weighted by Gasteiger charge is -2.42. The highest BCUT2D eigenvalue weighted by Crippen LogP contribution is 2.43. The van der Waals surface area contributed by atoms with Crippen molar-refractivity contribution in [2.75, 3.05) is 20.3 Å². The summed E-state index contributed by atoms with van der Waals surface area (Å²) >= 11 is 0. The smallest absolute Gasteiger partial charge is 0.271 e. The number of benzene rings is 1. The van der Waals surface area contributed by atoms with Crippen molar-refractivity contribution in [2.24, 2.45) is 0 Å². The summed E-state index contributed by atoms with van der Waals surface area (Å²) in [6, 6.07) is 13.1. The molecule has 132 valence electrons. The molecule has 0 spiro atoms. The zero-order chi connectivity index (χ0) is 17.7. The summed E-state index contributed by atoms with van der Waals surface area (Å²) in [6.45, 7) is 1.27. The molecule has 1 N–H and O–H groups in total. The van der Waals surface area contributed by atoms with Gasteiger partial charge in [-0.05, 0) is 24.5 Å². The number of methoxy groups -OCH3 is 1. The van der Waals surface area contributed by atoms with Crippen LogP contribution in [0.25, 0.3) is 0 Å². The molecule has 1 amide bonds. The van der Waals surface area contributed by atoms with Gasteiger partial charge in [0.15, 0.2) is 0 Å². The van der Waals surface area contributed by atoms with E-state index in [1.807, 2.05) is 18.2 Å². The quantitative estimate of drug-likeness (QED) is 0.832. The van der Waals surface area contributed by atoms with Crippen molar-refractivity contribution in [2.45, 2.75) is 31.2 Å². The van der Waals surface area contributed by atoms with E-state index in [-0.39, 0.29) is 22.6 Å². The number of hydrogen-bond donors (Lipinski definition) is 1. The molecule has 1 aromatic heterocycles. The lowest BCUT2D eigenvalue weighted by molar-refractivity contribution is 0.0919. The Morgan fingerprint density at radius 1 is 1.24 bits per heavy atom. The predicted octanol–water partition coefficient (Wildman–Crippen LogP) is 1.74. The first-order valence-electron chi connectivity index (χ1n) is 8.55. The van der Waals surface area contributed by atoms with Crippen molar-refractivity contribution in [3.05, 3.63) is 64.1 Å². The van der Waals surface area contributed by atoms with Gasteiger partial charge in [0.2, 0.25) is 0 Å². The Labute approximate surface area is 146 Å². The van der Waals surface area contributed by atoms with Crippen LogP contribution in [0.2, 0.25) is 0 Å². The summed E-state index contributed by atoms with van der Waals surface area (Å²) in [5.41, 5.74) is 1.28. The fraction of sp³-hybridized carbons (Fsp3) is 0.421. The van der Waals surface area contributed by atoms with E-state index in [1.54, 1.807) is 7.11 Å². The molecular formula is C19H23N3O3. The van der Waals surface area contributed by atoms with Gasteiger partial charge in [0.05, 0.1) is 13.2 Å². The number of amides is 1. The first-order valence-corrected chi connectivity index (χ1v) is 8.55. The number of nitrogens with one attached hydrogen (secondary N) is 1. The Morgan fingerprint density at radius 3 is 2.64 bits per heavy atom. The summed E-state index contributed by atoms with van der Waals surface area (Å²) in [4.78, 5) is 24.3. The van der Waals surface area contributed by atoms with Gasteiger partial charge < -0.3 is 10.1 Å². The summed E-state index contributed by atoms with van der Waals surface area (Å²) < 4.78 is 6.22. The zero-order valence-electron chi connectivity index (χ0n) is 14.4. The van der Waals surface area contributed by atoms with Crippen LogP contribution in [0.15, 0.2) is 47.3 Å². The third-order valence-corrected chi connectivity index (χ3v) is 4.89. The number of carbonyl (C=O) groups is 1. The van der Waals surface area contributed by atoms with E-state index in [2.05, 4.69) is 22.5 Å². The van der Waals surface area contributed by atoms with E-state index in [4.69, 9.17) is 4.74 Å². The molecule has 0 bridgehead atoms. The Hall–Kier alpha value is -2.47. The minimum Gasteiger partial charge on any atom is -0.383 e. The molecule has 0 radical (unpaired) electrons. The predicted molar refractivity (Wildman–Crippen MR) is 94.7 cm³/mol. The molecule has 2 aromatic rings. The maximum absolute atomic E-state index is 12.5. The second kappa shape index (κ2) is 7.61. The summed E-state index contributed by atoms with van der Waals surface area (Å²) in [7, 11) is 1.56. The molecule has 1 fully saturated rings. The molecule has 0 unspecified atom stereocenters. The summed E-state index contributed by atoms with van der Waals surface area (Å²) in [6.07, 6.45) is 3.31. The molecule has 1 heterocycles. The fourth-order valence-corrected chi connectivity index (χ4v) is 3.21. The lowest BCUT2D eigenvalue weighted by Crippen LogP contribution is -2.46. The van der Waals surface area contributed by atoms with Crippen LogP contribution >= 0.6 is 0 Å². The van der Waals surface area contributed by atoms with Gasteiger partial charge >= 0.3 is 0 Å². The highest BCUT2D eigenvalue weighted by atomic mass is 16.5. The number of nitrogens with zero attached hydrogens (tertiary/aromatic N) is 2. The number of carbonyl (C=O) groups excluding carboxylic acids is 1. The molecule has 0 saturated heterocycles. The number of ether oxygens (including phenoxy) is 1. The highest BCUT2D eigenvalue weighted by Gasteiger charge is 2.38. The van der Waals surface area contributed by atoms with Crippen LogP contribution in [0, 0.1) is 0 Å². The Kier molecular flexibility index (Phi) is 5.28. The van der Waals surface area contributed by atoms with Crippen molar-refractivity contribution >= 4 is 5.91 Å². The van der Waals surface area contributed by atoms with Crippen molar-refractivity contribution in [1.82, 2.24) is 15.1 Å². The van der Waals surface area contributed by atoms with E-state index in [1.165, 1.54) is 28.8 Å². The molecule has 1 saturated carbocycles. The van der Waals surface area contributed by atoms with Gasteiger partial charge in [0.1, 0.15) is 5.69 Å². The molecule has 1 aliphatic rings. The molecule has 0 atom stereocenters. The SMILES string of the molecule is COCCn1nc(C(=O)NCC2(c3ccccc3)CCC2)ccc1=O. The maximum Gasteiger partial charge on any atom is 0.271 e. The van der Waals surface area contributed by atoms with Crippen LogP contribution in [0.3, 0.4) is 0 Å². The molecule has 1 aromatic carbocycles. The van der Waals surface area contributed by atoms with Gasteiger partial charge in [-0.1, -0.05) is 36.8 Å². The Balaban J connectivity index is 1.69. The zero-order valence-corrected chi connectivity index (χ0v) is 14.4. The van der Waals surface area contributed by atoms with Crippen molar-refractivity contribution in [1.29, 1.82) is 0 Å². The Morgan fingerprint density at radius 2 is 2.00 bits per heavy atom. The molecule has 1 aliphatic carbocycles. The molecule has 3 rings (SSSR count). The first kappa shape index (κ1) is 17.4. The van der Waals surface area contributed by atoms with Gasteiger partial charge in [-0.25, -0.2) is 4.68 Å². The van der Waals surface area contributed by atoms with Crippen LogP contribution in [0.4, 0.5) is 0 Å². The van der Waals surface area contributed by atoms with Gasteiger partial charge in [0.25, 0.3) is 11.5 Å². The second-order valence-electron chi connectivity index (χ2n) is 6.46. The normalized spacial score (nSPS) is 15.4.